The third-order valence-electron chi connectivity index (χ3n) is 9.55. The maximum absolute atomic E-state index is 16.9. The normalized spacial score (nSPS) is 19.0. The lowest BCUT2D eigenvalue weighted by molar-refractivity contribution is -0.0434. The van der Waals surface area contributed by atoms with E-state index in [1.165, 1.54) is 0 Å². The van der Waals surface area contributed by atoms with Gasteiger partial charge in [-0.05, 0) is 65.3 Å². The number of H-pyrrole nitrogens is 1. The van der Waals surface area contributed by atoms with Gasteiger partial charge in [0.2, 0.25) is 5.95 Å². The third kappa shape index (κ3) is 5.43. The predicted octanol–water partition coefficient (Wildman–Crippen LogP) is 5.86. The standard InChI is InChI=1S/C33H40ClFN8O2/c1-20-6-7-24-22(17-36-39-24)25(20)26-23(34)16-21-28(27(26)35)37-30(42-14-12-40(5)13-15-42)38-29(21)41-10-8-33(9-11-41)18-43(19-33)31(44)45-32(2,3)4/h6-7,16-17H,8-15,18-19H2,1-5H3,(H,36,39). The number of halogens is 2. The van der Waals surface area contributed by atoms with E-state index < -0.39 is 11.4 Å². The average Bonchev–Trinajstić information content (AvgIpc) is 3.45. The predicted molar refractivity (Wildman–Crippen MR) is 176 cm³/mol. The number of amides is 1. The summed E-state index contributed by atoms with van der Waals surface area (Å²) in [5, 5.41) is 8.92. The lowest BCUT2D eigenvalue weighted by Crippen LogP contribution is -2.62. The highest BCUT2D eigenvalue weighted by Gasteiger charge is 2.48. The summed E-state index contributed by atoms with van der Waals surface area (Å²) in [4.78, 5) is 31.0. The Kier molecular flexibility index (Phi) is 7.31. The van der Waals surface area contributed by atoms with Crippen molar-refractivity contribution in [1.82, 2.24) is 30.0 Å². The summed E-state index contributed by atoms with van der Waals surface area (Å²) in [6, 6.07) is 5.72. The van der Waals surface area contributed by atoms with Gasteiger partial charge in [-0.25, -0.2) is 14.2 Å². The molecule has 0 radical (unpaired) electrons. The molecule has 10 nitrogen and oxygen atoms in total. The minimum atomic E-state index is -0.515. The number of likely N-dealkylation sites (tertiary alicyclic amines) is 1. The second kappa shape index (κ2) is 11.0. The molecule has 1 N–H and O–H groups in total. The molecular formula is C33H40ClFN8O2. The van der Waals surface area contributed by atoms with E-state index in [4.69, 9.17) is 26.3 Å². The Morgan fingerprint density at radius 3 is 2.40 bits per heavy atom. The Morgan fingerprint density at radius 1 is 1.00 bits per heavy atom. The van der Waals surface area contributed by atoms with Crippen LogP contribution in [0.2, 0.25) is 5.02 Å². The van der Waals surface area contributed by atoms with Crippen molar-refractivity contribution in [3.8, 4) is 11.1 Å². The van der Waals surface area contributed by atoms with Crippen molar-refractivity contribution < 1.29 is 13.9 Å². The molecule has 3 fully saturated rings. The van der Waals surface area contributed by atoms with Gasteiger partial charge in [0.25, 0.3) is 0 Å². The van der Waals surface area contributed by atoms with Gasteiger partial charge in [0.05, 0.1) is 16.7 Å². The first-order valence-electron chi connectivity index (χ1n) is 15.7. The van der Waals surface area contributed by atoms with Gasteiger partial charge in [0.1, 0.15) is 16.9 Å². The molecule has 3 aliphatic heterocycles. The van der Waals surface area contributed by atoms with Crippen LogP contribution in [0.15, 0.2) is 24.4 Å². The van der Waals surface area contributed by atoms with Gasteiger partial charge < -0.3 is 24.3 Å². The fourth-order valence-electron chi connectivity index (χ4n) is 6.97. The van der Waals surface area contributed by atoms with Crippen molar-refractivity contribution in [2.24, 2.45) is 5.41 Å². The first-order chi connectivity index (χ1) is 21.4. The van der Waals surface area contributed by atoms with E-state index in [1.54, 1.807) is 11.1 Å². The number of fused-ring (bicyclic) bond motifs is 2. The highest BCUT2D eigenvalue weighted by atomic mass is 35.5. The number of hydrogen-bond acceptors (Lipinski definition) is 8. The molecule has 5 heterocycles. The molecular weight excluding hydrogens is 595 g/mol. The number of aromatic nitrogens is 4. The zero-order valence-corrected chi connectivity index (χ0v) is 27.3. The number of aryl methyl sites for hydroxylation is 1. The number of aromatic amines is 1. The molecule has 0 saturated carbocycles. The van der Waals surface area contributed by atoms with Crippen LogP contribution in [0.1, 0.15) is 39.2 Å². The minimum absolute atomic E-state index is 0.0629. The van der Waals surface area contributed by atoms with Crippen molar-refractivity contribution in [3.63, 3.8) is 0 Å². The van der Waals surface area contributed by atoms with Crippen LogP contribution in [0, 0.1) is 18.2 Å². The van der Waals surface area contributed by atoms with Gasteiger partial charge in [-0.1, -0.05) is 17.7 Å². The summed E-state index contributed by atoms with van der Waals surface area (Å²) in [5.41, 5.74) is 2.58. The average molecular weight is 635 g/mol. The zero-order chi connectivity index (χ0) is 31.7. The molecule has 2 aromatic heterocycles. The number of benzene rings is 2. The summed E-state index contributed by atoms with van der Waals surface area (Å²) in [6.45, 7) is 13.8. The first-order valence-corrected chi connectivity index (χ1v) is 16.1. The number of carbonyl (C=O) groups is 1. The fraction of sp³-hybridized carbons (Fsp3) is 0.515. The zero-order valence-electron chi connectivity index (χ0n) is 26.6. The van der Waals surface area contributed by atoms with Crippen LogP contribution in [0.3, 0.4) is 0 Å². The summed E-state index contributed by atoms with van der Waals surface area (Å²) in [5.74, 6) is 0.794. The number of nitrogens with one attached hydrogen (secondary N) is 1. The van der Waals surface area contributed by atoms with Crippen molar-refractivity contribution >= 4 is 51.3 Å². The number of likely N-dealkylation sites (N-methyl/N-ethyl adjacent to an activating group) is 1. The van der Waals surface area contributed by atoms with Crippen LogP contribution in [-0.2, 0) is 4.74 Å². The van der Waals surface area contributed by atoms with Gasteiger partial charge >= 0.3 is 6.09 Å². The number of rotatable bonds is 3. The molecule has 3 aliphatic rings. The topological polar surface area (TPSA) is 93.7 Å². The van der Waals surface area contributed by atoms with Crippen LogP contribution in [-0.4, -0.2) is 101 Å². The quantitative estimate of drug-likeness (QED) is 0.299. The Hall–Kier alpha value is -3.70. The summed E-state index contributed by atoms with van der Waals surface area (Å²) < 4.78 is 22.5. The SMILES string of the molecule is Cc1ccc2[nH]ncc2c1-c1c(Cl)cc2c(N3CCC4(CC3)CN(C(=O)OC(C)(C)C)C4)nc(N3CCN(C)CC3)nc2c1F. The molecule has 0 unspecified atom stereocenters. The van der Waals surface area contributed by atoms with Gasteiger partial charge in [-0.3, -0.25) is 5.10 Å². The molecule has 7 rings (SSSR count). The van der Waals surface area contributed by atoms with E-state index in [2.05, 4.69) is 31.9 Å². The second-order valence-corrected chi connectivity index (χ2v) is 14.4. The highest BCUT2D eigenvalue weighted by molar-refractivity contribution is 6.35. The van der Waals surface area contributed by atoms with Crippen molar-refractivity contribution in [2.75, 3.05) is 69.2 Å². The van der Waals surface area contributed by atoms with E-state index >= 15 is 4.39 Å². The largest absolute Gasteiger partial charge is 0.444 e. The molecule has 45 heavy (non-hydrogen) atoms. The van der Waals surface area contributed by atoms with Gasteiger partial charge in [0.15, 0.2) is 5.82 Å². The lowest BCUT2D eigenvalue weighted by Gasteiger charge is -2.53. The molecule has 0 aliphatic carbocycles. The third-order valence-corrected chi connectivity index (χ3v) is 9.85. The molecule has 2 aromatic carbocycles. The van der Waals surface area contributed by atoms with E-state index in [1.807, 2.05) is 45.9 Å². The molecule has 1 spiro atoms. The number of nitrogens with zero attached hydrogens (tertiary/aromatic N) is 7. The van der Waals surface area contributed by atoms with E-state index in [0.717, 1.165) is 68.6 Å². The Labute approximate surface area is 267 Å². The first kappa shape index (κ1) is 30.0. The smallest absolute Gasteiger partial charge is 0.410 e. The number of piperidine rings is 1. The van der Waals surface area contributed by atoms with Crippen molar-refractivity contribution in [1.29, 1.82) is 0 Å². The molecule has 0 atom stereocenters. The monoisotopic (exact) mass is 634 g/mol. The molecule has 4 aromatic rings. The Balaban J connectivity index is 1.25. The van der Waals surface area contributed by atoms with Crippen LogP contribution in [0.4, 0.5) is 21.0 Å². The number of anilines is 2. The van der Waals surface area contributed by atoms with E-state index in [0.29, 0.717) is 46.4 Å². The van der Waals surface area contributed by atoms with Crippen LogP contribution in [0.5, 0.6) is 0 Å². The molecule has 1 amide bonds. The summed E-state index contributed by atoms with van der Waals surface area (Å²) >= 11 is 6.96. The highest BCUT2D eigenvalue weighted by Crippen LogP contribution is 2.45. The van der Waals surface area contributed by atoms with Crippen molar-refractivity contribution in [2.45, 2.75) is 46.1 Å². The Morgan fingerprint density at radius 2 is 1.71 bits per heavy atom. The summed E-state index contributed by atoms with van der Waals surface area (Å²) in [7, 11) is 2.10. The number of hydrogen-bond donors (Lipinski definition) is 1. The number of carbonyl (C=O) groups excluding carboxylic acids is 1. The lowest BCUT2D eigenvalue weighted by atomic mass is 9.72. The number of piperazine rings is 1. The van der Waals surface area contributed by atoms with Gasteiger partial charge in [-0.15, -0.1) is 0 Å². The fourth-order valence-corrected chi connectivity index (χ4v) is 7.26. The minimum Gasteiger partial charge on any atom is -0.444 e. The van der Waals surface area contributed by atoms with Gasteiger partial charge in [-0.2, -0.15) is 10.1 Å². The molecule has 0 bridgehead atoms. The molecule has 3 saturated heterocycles. The van der Waals surface area contributed by atoms with Gasteiger partial charge in [0, 0.05) is 79.7 Å². The maximum atomic E-state index is 16.9. The van der Waals surface area contributed by atoms with E-state index in [-0.39, 0.29) is 17.0 Å². The molecule has 238 valence electrons. The van der Waals surface area contributed by atoms with Crippen molar-refractivity contribution in [3.05, 3.63) is 40.8 Å². The van der Waals surface area contributed by atoms with E-state index in [9.17, 15) is 4.79 Å². The maximum Gasteiger partial charge on any atom is 0.410 e. The number of ether oxygens (including phenoxy) is 1. The summed E-state index contributed by atoms with van der Waals surface area (Å²) in [6.07, 6.45) is 3.26. The molecule has 12 heteroatoms. The Bertz CT molecular complexity index is 1780. The second-order valence-electron chi connectivity index (χ2n) is 14.0. The van der Waals surface area contributed by atoms with Crippen LogP contribution in [0.25, 0.3) is 32.9 Å². The van der Waals surface area contributed by atoms with Crippen LogP contribution < -0.4 is 9.80 Å². The van der Waals surface area contributed by atoms with Crippen LogP contribution >= 0.6 is 11.6 Å².